The fourth-order valence-electron chi connectivity index (χ4n) is 5.56. The zero-order valence-electron chi connectivity index (χ0n) is 21.0. The molecule has 3 fully saturated rings. The largest absolute Gasteiger partial charge is 0.441 e. The highest BCUT2D eigenvalue weighted by Gasteiger charge is 2.41. The first-order valence-corrected chi connectivity index (χ1v) is 12.8. The number of halogens is 4. The smallest absolute Gasteiger partial charge is 0.405 e. The van der Waals surface area contributed by atoms with Crippen molar-refractivity contribution < 1.29 is 31.9 Å². The van der Waals surface area contributed by atoms with E-state index in [0.29, 0.717) is 29.9 Å². The Labute approximate surface area is 217 Å². The van der Waals surface area contributed by atoms with Gasteiger partial charge in [0.2, 0.25) is 5.92 Å². The van der Waals surface area contributed by atoms with Crippen LogP contribution < -0.4 is 16.0 Å². The lowest BCUT2D eigenvalue weighted by atomic mass is 9.91. The molecule has 1 aliphatic heterocycles. The van der Waals surface area contributed by atoms with Gasteiger partial charge < -0.3 is 20.7 Å². The Morgan fingerprint density at radius 2 is 1.74 bits per heavy atom. The number of nitrogens with zero attached hydrogens (tertiary/aromatic N) is 2. The number of nitrogens with two attached hydrogens (primary N) is 1. The Balaban J connectivity index is 1.59. The molecule has 3 aliphatic rings. The van der Waals surface area contributed by atoms with Crippen LogP contribution in [0.15, 0.2) is 24.4 Å². The molecule has 1 aromatic carbocycles. The van der Waals surface area contributed by atoms with Crippen LogP contribution in [-0.2, 0) is 4.74 Å². The number of carbonyl (C=O) groups excluding carboxylic acids is 2. The maximum atomic E-state index is 14.4. The number of aromatic nitrogens is 1. The molecule has 1 atom stereocenters. The molecule has 1 unspecified atom stereocenters. The molecule has 2 saturated carbocycles. The van der Waals surface area contributed by atoms with Crippen LogP contribution in [0.3, 0.4) is 0 Å². The van der Waals surface area contributed by atoms with Gasteiger partial charge in [0.25, 0.3) is 5.91 Å². The summed E-state index contributed by atoms with van der Waals surface area (Å²) in [6, 6.07) is 2.75. The monoisotopic (exact) mass is 534 g/mol. The third-order valence-electron chi connectivity index (χ3n) is 7.59. The van der Waals surface area contributed by atoms with E-state index in [1.54, 1.807) is 6.92 Å². The summed E-state index contributed by atoms with van der Waals surface area (Å²) in [5, 5.41) is 2.86. The standard InChI is InChI=1S/C27H30F4N4O3/c1-26(38-25(32)37)8-9-35(14-26)23-20(24(36)34-19-4-6-27(30,31)7-5-19)13-33-22(15-2-3-15)21(23)16-10-17(28)12-18(29)11-16/h10-13,15,19H,2-9,14H2,1H3,(H2,32,37)(H,34,36). The number of pyridine rings is 1. The van der Waals surface area contributed by atoms with E-state index in [4.69, 9.17) is 10.5 Å². The van der Waals surface area contributed by atoms with Crippen molar-refractivity contribution in [1.82, 2.24) is 10.3 Å². The van der Waals surface area contributed by atoms with Crippen molar-refractivity contribution in [2.24, 2.45) is 5.73 Å². The third kappa shape index (κ3) is 5.56. The van der Waals surface area contributed by atoms with Crippen LogP contribution in [0.1, 0.15) is 73.8 Å². The number of rotatable bonds is 6. The minimum atomic E-state index is -2.74. The highest BCUT2D eigenvalue weighted by Crippen LogP contribution is 2.48. The maximum absolute atomic E-state index is 14.4. The summed E-state index contributed by atoms with van der Waals surface area (Å²) in [6.07, 6.45) is 2.27. The Hall–Kier alpha value is -3.37. The molecule has 2 heterocycles. The zero-order valence-corrected chi connectivity index (χ0v) is 21.0. The summed E-state index contributed by atoms with van der Waals surface area (Å²) in [7, 11) is 0. The molecule has 5 rings (SSSR count). The van der Waals surface area contributed by atoms with Crippen molar-refractivity contribution in [1.29, 1.82) is 0 Å². The van der Waals surface area contributed by atoms with Gasteiger partial charge in [-0.25, -0.2) is 22.4 Å². The number of hydrogen-bond donors (Lipinski definition) is 2. The fourth-order valence-corrected chi connectivity index (χ4v) is 5.56. The number of anilines is 1. The Kier molecular flexibility index (Phi) is 6.73. The first-order valence-electron chi connectivity index (χ1n) is 12.8. The summed E-state index contributed by atoms with van der Waals surface area (Å²) in [5.74, 6) is -4.71. The number of primary amides is 1. The normalized spacial score (nSPS) is 23.3. The van der Waals surface area contributed by atoms with Gasteiger partial charge in [0, 0.05) is 55.6 Å². The van der Waals surface area contributed by atoms with E-state index >= 15 is 0 Å². The average Bonchev–Trinajstić information content (AvgIpc) is 3.60. The SMILES string of the molecule is CC1(OC(N)=O)CCN(c2c(C(=O)NC3CCC(F)(F)CC3)cnc(C3CC3)c2-c2cc(F)cc(F)c2)C1. The Morgan fingerprint density at radius 3 is 2.34 bits per heavy atom. The summed E-state index contributed by atoms with van der Waals surface area (Å²) in [6.45, 7) is 2.29. The van der Waals surface area contributed by atoms with Gasteiger partial charge in [-0.3, -0.25) is 9.78 Å². The molecule has 38 heavy (non-hydrogen) atoms. The maximum Gasteiger partial charge on any atom is 0.405 e. The molecule has 1 saturated heterocycles. The van der Waals surface area contributed by atoms with Crippen LogP contribution in [0.25, 0.3) is 11.1 Å². The lowest BCUT2D eigenvalue weighted by molar-refractivity contribution is -0.0399. The highest BCUT2D eigenvalue weighted by molar-refractivity contribution is 6.04. The second-order valence-electron chi connectivity index (χ2n) is 10.9. The number of amides is 2. The van der Waals surface area contributed by atoms with Gasteiger partial charge in [-0.1, -0.05) is 0 Å². The summed E-state index contributed by atoms with van der Waals surface area (Å²) >= 11 is 0. The van der Waals surface area contributed by atoms with Crippen LogP contribution in [0.4, 0.5) is 28.0 Å². The molecule has 0 radical (unpaired) electrons. The molecule has 204 valence electrons. The van der Waals surface area contributed by atoms with Crippen LogP contribution in [0.2, 0.25) is 0 Å². The van der Waals surface area contributed by atoms with Crippen LogP contribution in [-0.4, -0.2) is 47.6 Å². The second kappa shape index (κ2) is 9.74. The first-order chi connectivity index (χ1) is 17.9. The van der Waals surface area contributed by atoms with Crippen molar-refractivity contribution in [3.05, 3.63) is 47.3 Å². The van der Waals surface area contributed by atoms with Crippen LogP contribution >= 0.6 is 0 Å². The van der Waals surface area contributed by atoms with Gasteiger partial charge in [0.15, 0.2) is 0 Å². The van der Waals surface area contributed by atoms with Crippen LogP contribution in [0, 0.1) is 11.6 Å². The lowest BCUT2D eigenvalue weighted by Gasteiger charge is -2.31. The zero-order chi connectivity index (χ0) is 27.2. The van der Waals surface area contributed by atoms with E-state index in [1.807, 2.05) is 4.90 Å². The number of ether oxygens (including phenoxy) is 1. The quantitative estimate of drug-likeness (QED) is 0.492. The van der Waals surface area contributed by atoms with Gasteiger partial charge in [0.1, 0.15) is 17.2 Å². The minimum Gasteiger partial charge on any atom is -0.441 e. The molecule has 0 spiro atoms. The van der Waals surface area contributed by atoms with Crippen molar-refractivity contribution >= 4 is 17.7 Å². The molecule has 2 aliphatic carbocycles. The molecule has 7 nitrogen and oxygen atoms in total. The predicted molar refractivity (Wildman–Crippen MR) is 132 cm³/mol. The Bertz CT molecular complexity index is 1240. The first kappa shape index (κ1) is 26.2. The van der Waals surface area contributed by atoms with E-state index in [9.17, 15) is 27.2 Å². The van der Waals surface area contributed by atoms with E-state index in [1.165, 1.54) is 18.3 Å². The summed E-state index contributed by atoms with van der Waals surface area (Å²) in [5.41, 5.74) is 6.23. The van der Waals surface area contributed by atoms with E-state index < -0.39 is 41.2 Å². The molecular weight excluding hydrogens is 504 g/mol. The van der Waals surface area contributed by atoms with Crippen molar-refractivity contribution in [3.8, 4) is 11.1 Å². The molecular formula is C27H30F4N4O3. The molecule has 11 heteroatoms. The van der Waals surface area contributed by atoms with E-state index in [2.05, 4.69) is 10.3 Å². The molecule has 1 aromatic heterocycles. The van der Waals surface area contributed by atoms with Crippen molar-refractivity contribution in [2.75, 3.05) is 18.0 Å². The third-order valence-corrected chi connectivity index (χ3v) is 7.59. The van der Waals surface area contributed by atoms with Gasteiger partial charge in [-0.2, -0.15) is 0 Å². The van der Waals surface area contributed by atoms with Crippen LogP contribution in [0.5, 0.6) is 0 Å². The minimum absolute atomic E-state index is 0.0728. The average molecular weight is 535 g/mol. The number of hydrogen-bond acceptors (Lipinski definition) is 5. The van der Waals surface area contributed by atoms with Gasteiger partial charge in [-0.05, 0) is 50.3 Å². The number of benzene rings is 1. The lowest BCUT2D eigenvalue weighted by Crippen LogP contribution is -2.41. The number of alkyl halides is 2. The molecule has 3 N–H and O–H groups in total. The number of carbonyl (C=O) groups is 2. The van der Waals surface area contributed by atoms with Gasteiger partial charge >= 0.3 is 6.09 Å². The van der Waals surface area contributed by atoms with Gasteiger partial charge in [0.05, 0.1) is 23.5 Å². The molecule has 2 aromatic rings. The second-order valence-corrected chi connectivity index (χ2v) is 10.9. The van der Waals surface area contributed by atoms with Crippen molar-refractivity contribution in [2.45, 2.75) is 75.4 Å². The van der Waals surface area contributed by atoms with Gasteiger partial charge in [-0.15, -0.1) is 0 Å². The molecule has 2 amide bonds. The molecule has 0 bridgehead atoms. The fraction of sp³-hybridized carbons (Fsp3) is 0.519. The van der Waals surface area contributed by atoms with E-state index in [-0.39, 0.29) is 49.3 Å². The number of nitrogens with one attached hydrogen (secondary N) is 1. The van der Waals surface area contributed by atoms with Crippen molar-refractivity contribution in [3.63, 3.8) is 0 Å². The topological polar surface area (TPSA) is 97.5 Å². The highest BCUT2D eigenvalue weighted by atomic mass is 19.3. The Morgan fingerprint density at radius 1 is 1.08 bits per heavy atom. The summed E-state index contributed by atoms with van der Waals surface area (Å²) in [4.78, 5) is 31.5. The summed E-state index contributed by atoms with van der Waals surface area (Å²) < 4.78 is 61.5. The predicted octanol–water partition coefficient (Wildman–Crippen LogP) is 5.28. The van der Waals surface area contributed by atoms with E-state index in [0.717, 1.165) is 18.9 Å².